The van der Waals surface area contributed by atoms with E-state index >= 15 is 0 Å². The van der Waals surface area contributed by atoms with Crippen molar-refractivity contribution in [1.82, 2.24) is 5.43 Å². The Balaban J connectivity index is 1.89. The van der Waals surface area contributed by atoms with Crippen LogP contribution < -0.4 is 21.2 Å². The number of hydrogen-bond acceptors (Lipinski definition) is 5. The second kappa shape index (κ2) is 9.30. The van der Waals surface area contributed by atoms with Crippen LogP contribution in [0.25, 0.3) is 0 Å². The molecule has 0 aliphatic rings. The lowest BCUT2D eigenvalue weighted by Gasteiger charge is -2.06. The van der Waals surface area contributed by atoms with Crippen LogP contribution in [0.15, 0.2) is 47.6 Å². The minimum absolute atomic E-state index is 0.209. The third-order valence-corrected chi connectivity index (χ3v) is 3.31. The van der Waals surface area contributed by atoms with E-state index in [1.54, 1.807) is 6.07 Å². The maximum Gasteiger partial charge on any atom is 0.329 e. The maximum atomic E-state index is 12.8. The molecule has 8 nitrogen and oxygen atoms in total. The van der Waals surface area contributed by atoms with Crippen LogP contribution in [0.1, 0.15) is 5.56 Å². The summed E-state index contributed by atoms with van der Waals surface area (Å²) in [6, 6.07) is 9.46. The first-order valence-corrected chi connectivity index (χ1v) is 7.83. The smallest absolute Gasteiger partial charge is 0.329 e. The molecule has 0 spiro atoms. The number of halogens is 2. The predicted octanol–water partition coefficient (Wildman–Crippen LogP) is 1.43. The molecule has 2 rings (SSSR count). The van der Waals surface area contributed by atoms with Crippen molar-refractivity contribution in [2.45, 2.75) is 0 Å². The van der Waals surface area contributed by atoms with Gasteiger partial charge in [-0.25, -0.2) is 9.82 Å². The first-order chi connectivity index (χ1) is 12.8. The zero-order chi connectivity index (χ0) is 19.8. The van der Waals surface area contributed by atoms with Crippen LogP contribution in [-0.2, 0) is 14.4 Å². The van der Waals surface area contributed by atoms with Crippen molar-refractivity contribution in [1.29, 1.82) is 0 Å². The fourth-order valence-electron chi connectivity index (χ4n) is 1.80. The molecule has 0 saturated heterocycles. The highest BCUT2D eigenvalue weighted by atomic mass is 35.5. The SMILES string of the molecule is NC(=O)COc1ccc(/C=N\NC(=O)C(=O)Nc2ccc(F)cc2)cc1Cl. The number of amides is 3. The Bertz CT molecular complexity index is 887. The summed E-state index contributed by atoms with van der Waals surface area (Å²) in [6.45, 7) is -0.313. The Morgan fingerprint density at radius 1 is 1.15 bits per heavy atom. The summed E-state index contributed by atoms with van der Waals surface area (Å²) in [5.74, 6) is -2.82. The summed E-state index contributed by atoms with van der Waals surface area (Å²) >= 11 is 5.99. The molecule has 0 fully saturated rings. The van der Waals surface area contributed by atoms with Crippen LogP contribution in [-0.4, -0.2) is 30.5 Å². The summed E-state index contributed by atoms with van der Waals surface area (Å²) in [5.41, 5.74) is 7.79. The number of primary amides is 1. The van der Waals surface area contributed by atoms with Gasteiger partial charge < -0.3 is 15.8 Å². The molecule has 10 heteroatoms. The number of nitrogens with zero attached hydrogens (tertiary/aromatic N) is 1. The fraction of sp³-hybridized carbons (Fsp3) is 0.0588. The Morgan fingerprint density at radius 2 is 1.85 bits per heavy atom. The summed E-state index contributed by atoms with van der Waals surface area (Å²) in [5, 5.41) is 6.14. The second-order valence-corrected chi connectivity index (χ2v) is 5.51. The monoisotopic (exact) mass is 392 g/mol. The van der Waals surface area contributed by atoms with E-state index in [0.29, 0.717) is 5.56 Å². The number of rotatable bonds is 6. The van der Waals surface area contributed by atoms with Crippen LogP contribution in [0.2, 0.25) is 5.02 Å². The summed E-state index contributed by atoms with van der Waals surface area (Å²) in [7, 11) is 0. The molecular weight excluding hydrogens is 379 g/mol. The number of carbonyl (C=O) groups excluding carboxylic acids is 3. The number of ether oxygens (including phenoxy) is 1. The van der Waals surface area contributed by atoms with Gasteiger partial charge in [0.25, 0.3) is 5.91 Å². The highest BCUT2D eigenvalue weighted by molar-refractivity contribution is 6.39. The highest BCUT2D eigenvalue weighted by Crippen LogP contribution is 2.24. The molecule has 2 aromatic rings. The van der Waals surface area contributed by atoms with E-state index in [9.17, 15) is 18.8 Å². The lowest BCUT2D eigenvalue weighted by atomic mass is 10.2. The lowest BCUT2D eigenvalue weighted by molar-refractivity contribution is -0.136. The number of benzene rings is 2. The number of nitrogens with two attached hydrogens (primary N) is 1. The second-order valence-electron chi connectivity index (χ2n) is 5.10. The van der Waals surface area contributed by atoms with Gasteiger partial charge in [-0.2, -0.15) is 5.10 Å². The molecule has 0 saturated carbocycles. The quantitative estimate of drug-likeness (QED) is 0.391. The molecule has 0 aliphatic heterocycles. The average molecular weight is 393 g/mol. The zero-order valence-electron chi connectivity index (χ0n) is 13.7. The first-order valence-electron chi connectivity index (χ1n) is 7.46. The summed E-state index contributed by atoms with van der Waals surface area (Å²) in [4.78, 5) is 34.1. The van der Waals surface area contributed by atoms with Crippen molar-refractivity contribution in [2.24, 2.45) is 10.8 Å². The van der Waals surface area contributed by atoms with Gasteiger partial charge >= 0.3 is 11.8 Å². The first kappa shape index (κ1) is 19.9. The van der Waals surface area contributed by atoms with Crippen LogP contribution >= 0.6 is 11.6 Å². The average Bonchev–Trinajstić information content (AvgIpc) is 2.62. The van der Waals surface area contributed by atoms with E-state index in [-0.39, 0.29) is 23.1 Å². The van der Waals surface area contributed by atoms with Gasteiger partial charge in [0.05, 0.1) is 11.2 Å². The van der Waals surface area contributed by atoms with Gasteiger partial charge in [-0.05, 0) is 48.0 Å². The third kappa shape index (κ3) is 6.40. The van der Waals surface area contributed by atoms with Crippen LogP contribution in [0, 0.1) is 5.82 Å². The summed E-state index contributed by atoms with van der Waals surface area (Å²) < 4.78 is 17.9. The molecule has 0 unspecified atom stereocenters. The maximum absolute atomic E-state index is 12.8. The van der Waals surface area contributed by atoms with Gasteiger partial charge in [0.1, 0.15) is 11.6 Å². The largest absolute Gasteiger partial charge is 0.482 e. The Kier molecular flexibility index (Phi) is 6.84. The van der Waals surface area contributed by atoms with Crippen molar-refractivity contribution >= 4 is 41.2 Å². The number of hydrogen-bond donors (Lipinski definition) is 3. The third-order valence-electron chi connectivity index (χ3n) is 3.01. The Morgan fingerprint density at radius 3 is 2.48 bits per heavy atom. The van der Waals surface area contributed by atoms with Crippen LogP contribution in [0.3, 0.4) is 0 Å². The van der Waals surface area contributed by atoms with E-state index in [4.69, 9.17) is 22.1 Å². The molecule has 0 atom stereocenters. The van der Waals surface area contributed by atoms with Gasteiger partial charge in [0.15, 0.2) is 6.61 Å². The van der Waals surface area contributed by atoms with Gasteiger partial charge in [-0.1, -0.05) is 11.6 Å². The highest BCUT2D eigenvalue weighted by Gasteiger charge is 2.12. The fourth-order valence-corrected chi connectivity index (χ4v) is 2.04. The van der Waals surface area contributed by atoms with Crippen LogP contribution in [0.5, 0.6) is 5.75 Å². The minimum Gasteiger partial charge on any atom is -0.482 e. The number of nitrogens with one attached hydrogen (secondary N) is 2. The van der Waals surface area contributed by atoms with Crippen molar-refractivity contribution in [3.63, 3.8) is 0 Å². The van der Waals surface area contributed by atoms with Crippen molar-refractivity contribution < 1.29 is 23.5 Å². The number of carbonyl (C=O) groups is 3. The molecule has 4 N–H and O–H groups in total. The topological polar surface area (TPSA) is 123 Å². The van der Waals surface area contributed by atoms with Gasteiger partial charge in [0.2, 0.25) is 0 Å². The molecule has 0 aromatic heterocycles. The predicted molar refractivity (Wildman–Crippen MR) is 96.9 cm³/mol. The lowest BCUT2D eigenvalue weighted by Crippen LogP contribution is -2.32. The van der Waals surface area contributed by atoms with E-state index in [0.717, 1.165) is 12.1 Å². The molecule has 0 bridgehead atoms. The van der Waals surface area contributed by atoms with E-state index < -0.39 is 23.5 Å². The molecule has 0 heterocycles. The summed E-state index contributed by atoms with van der Waals surface area (Å²) in [6.07, 6.45) is 1.26. The molecule has 140 valence electrons. The minimum atomic E-state index is -1.01. The van der Waals surface area contributed by atoms with Crippen molar-refractivity contribution in [2.75, 3.05) is 11.9 Å². The zero-order valence-corrected chi connectivity index (χ0v) is 14.5. The Hall–Kier alpha value is -3.46. The molecule has 0 aliphatic carbocycles. The standard InChI is InChI=1S/C17H14ClFN4O4/c18-13-7-10(1-6-14(13)27-9-15(20)24)8-21-23-17(26)16(25)22-12-4-2-11(19)3-5-12/h1-8H,9H2,(H2,20,24)(H,22,25)(H,23,26)/b21-8-. The van der Waals surface area contributed by atoms with Gasteiger partial charge in [-0.15, -0.1) is 0 Å². The van der Waals surface area contributed by atoms with E-state index in [1.807, 2.05) is 5.43 Å². The van der Waals surface area contributed by atoms with Crippen LogP contribution in [0.4, 0.5) is 10.1 Å². The Labute approximate surface area is 158 Å². The van der Waals surface area contributed by atoms with E-state index in [1.165, 1.54) is 30.5 Å². The molecule has 27 heavy (non-hydrogen) atoms. The number of hydrazone groups is 1. The normalized spacial score (nSPS) is 10.4. The van der Waals surface area contributed by atoms with Gasteiger partial charge in [-0.3, -0.25) is 14.4 Å². The van der Waals surface area contributed by atoms with Gasteiger partial charge in [0, 0.05) is 5.69 Å². The van der Waals surface area contributed by atoms with E-state index in [2.05, 4.69) is 10.4 Å². The molecule has 0 radical (unpaired) electrons. The molecule has 2 aromatic carbocycles. The van der Waals surface area contributed by atoms with Crippen molar-refractivity contribution in [3.8, 4) is 5.75 Å². The molecule has 3 amide bonds. The molecular formula is C17H14ClFN4O4. The number of anilines is 1. The van der Waals surface area contributed by atoms with Crippen molar-refractivity contribution in [3.05, 3.63) is 58.9 Å².